The van der Waals surface area contributed by atoms with E-state index in [0.717, 1.165) is 12.2 Å². The van der Waals surface area contributed by atoms with Crippen LogP contribution in [0.5, 0.6) is 5.75 Å². The first-order valence-electron chi connectivity index (χ1n) is 8.60. The van der Waals surface area contributed by atoms with Crippen LogP contribution in [0, 0.1) is 0 Å². The minimum atomic E-state index is 0.651. The van der Waals surface area contributed by atoms with Crippen molar-refractivity contribution in [1.29, 1.82) is 0 Å². The minimum absolute atomic E-state index is 0.651. The van der Waals surface area contributed by atoms with E-state index in [1.165, 1.54) is 56.9 Å². The Morgan fingerprint density at radius 2 is 1.62 bits per heavy atom. The van der Waals surface area contributed by atoms with E-state index in [9.17, 15) is 0 Å². The highest BCUT2D eigenvalue weighted by Crippen LogP contribution is 2.15. The summed E-state index contributed by atoms with van der Waals surface area (Å²) < 4.78 is 5.20. The van der Waals surface area contributed by atoms with E-state index in [2.05, 4.69) is 43.6 Å². The molecule has 0 radical (unpaired) electrons. The highest BCUT2D eigenvalue weighted by Gasteiger charge is 2.06. The number of aryl methyl sites for hydroxylation is 1. The Hall–Kier alpha value is -1.02. The molecule has 0 aromatic heterocycles. The van der Waals surface area contributed by atoms with Gasteiger partial charge in [-0.2, -0.15) is 0 Å². The number of hydrogen-bond donors (Lipinski definition) is 1. The predicted octanol–water partition coefficient (Wildman–Crippen LogP) is 4.97. The smallest absolute Gasteiger partial charge is 0.118 e. The Kier molecular flexibility index (Phi) is 9.98. The first kappa shape index (κ1) is 18.0. The quantitative estimate of drug-likeness (QED) is 0.549. The van der Waals surface area contributed by atoms with Crippen molar-refractivity contribution in [3.63, 3.8) is 0 Å². The molecular weight excluding hydrogens is 258 g/mol. The molecule has 1 N–H and O–H groups in total. The third kappa shape index (κ3) is 8.11. The molecule has 120 valence electrons. The lowest BCUT2D eigenvalue weighted by atomic mass is 10.00. The molecule has 0 saturated heterocycles. The number of hydrogen-bond acceptors (Lipinski definition) is 2. The molecule has 0 amide bonds. The van der Waals surface area contributed by atoms with Crippen molar-refractivity contribution in [2.45, 2.75) is 70.8 Å². The topological polar surface area (TPSA) is 21.3 Å². The van der Waals surface area contributed by atoms with Gasteiger partial charge in [0.25, 0.3) is 0 Å². The third-order valence-electron chi connectivity index (χ3n) is 4.25. The Morgan fingerprint density at radius 1 is 0.952 bits per heavy atom. The molecule has 1 atom stereocenters. The number of nitrogens with one attached hydrogen (secondary N) is 1. The van der Waals surface area contributed by atoms with E-state index in [0.29, 0.717) is 6.04 Å². The van der Waals surface area contributed by atoms with E-state index >= 15 is 0 Å². The van der Waals surface area contributed by atoms with Gasteiger partial charge in [0.1, 0.15) is 5.75 Å². The van der Waals surface area contributed by atoms with Crippen LogP contribution in [0.15, 0.2) is 24.3 Å². The fourth-order valence-corrected chi connectivity index (χ4v) is 2.74. The highest BCUT2D eigenvalue weighted by molar-refractivity contribution is 5.27. The van der Waals surface area contributed by atoms with Gasteiger partial charge in [0.05, 0.1) is 7.11 Å². The summed E-state index contributed by atoms with van der Waals surface area (Å²) in [5, 5.41) is 3.47. The van der Waals surface area contributed by atoms with Crippen molar-refractivity contribution in [3.05, 3.63) is 29.8 Å². The molecule has 0 fully saturated rings. The van der Waals surface area contributed by atoms with Crippen molar-refractivity contribution in [2.24, 2.45) is 0 Å². The predicted molar refractivity (Wildman–Crippen MR) is 92.2 cm³/mol. The third-order valence-corrected chi connectivity index (χ3v) is 4.25. The molecular formula is C19H33NO. The Morgan fingerprint density at radius 3 is 2.24 bits per heavy atom. The molecule has 0 saturated carbocycles. The summed E-state index contributed by atoms with van der Waals surface area (Å²) in [6.07, 6.45) is 12.0. The minimum Gasteiger partial charge on any atom is -0.497 e. The molecule has 1 aromatic carbocycles. The fourth-order valence-electron chi connectivity index (χ4n) is 2.74. The lowest BCUT2D eigenvalue weighted by molar-refractivity contribution is 0.414. The zero-order valence-corrected chi connectivity index (χ0v) is 14.2. The largest absolute Gasteiger partial charge is 0.497 e. The van der Waals surface area contributed by atoms with Gasteiger partial charge < -0.3 is 10.1 Å². The number of benzene rings is 1. The van der Waals surface area contributed by atoms with E-state index in [1.807, 2.05) is 0 Å². The van der Waals surface area contributed by atoms with Crippen molar-refractivity contribution in [1.82, 2.24) is 5.32 Å². The van der Waals surface area contributed by atoms with Gasteiger partial charge in [-0.3, -0.25) is 0 Å². The molecule has 0 aliphatic heterocycles. The van der Waals surface area contributed by atoms with Crippen LogP contribution in [0.2, 0.25) is 0 Å². The van der Waals surface area contributed by atoms with Crippen molar-refractivity contribution in [2.75, 3.05) is 14.2 Å². The highest BCUT2D eigenvalue weighted by atomic mass is 16.5. The van der Waals surface area contributed by atoms with Crippen LogP contribution >= 0.6 is 0 Å². The van der Waals surface area contributed by atoms with Gasteiger partial charge in [0, 0.05) is 6.04 Å². The van der Waals surface area contributed by atoms with Crippen LogP contribution in [0.4, 0.5) is 0 Å². The summed E-state index contributed by atoms with van der Waals surface area (Å²) in [6.45, 7) is 2.27. The van der Waals surface area contributed by atoms with Gasteiger partial charge in [-0.15, -0.1) is 0 Å². The molecule has 0 bridgehead atoms. The van der Waals surface area contributed by atoms with Gasteiger partial charge in [-0.25, -0.2) is 0 Å². The maximum Gasteiger partial charge on any atom is 0.118 e. The van der Waals surface area contributed by atoms with Crippen molar-refractivity contribution in [3.8, 4) is 5.75 Å². The Balaban J connectivity index is 2.17. The van der Waals surface area contributed by atoms with E-state index in [4.69, 9.17) is 4.74 Å². The molecule has 0 spiro atoms. The lowest BCUT2D eigenvalue weighted by Crippen LogP contribution is -2.25. The summed E-state index contributed by atoms with van der Waals surface area (Å²) >= 11 is 0. The van der Waals surface area contributed by atoms with Crippen LogP contribution in [0.25, 0.3) is 0 Å². The molecule has 2 heteroatoms. The standard InChI is InChI=1S/C19H33NO/c1-4-5-6-7-8-9-10-18(20-2)14-11-17-12-15-19(21-3)16-13-17/h12-13,15-16,18,20H,4-11,14H2,1-3H3. The van der Waals surface area contributed by atoms with Crippen LogP contribution in [-0.2, 0) is 6.42 Å². The fraction of sp³-hybridized carbons (Fsp3) is 0.684. The van der Waals surface area contributed by atoms with Crippen LogP contribution < -0.4 is 10.1 Å². The van der Waals surface area contributed by atoms with Gasteiger partial charge in [0.15, 0.2) is 0 Å². The second-order valence-corrected chi connectivity index (χ2v) is 5.93. The zero-order valence-electron chi connectivity index (χ0n) is 14.2. The Bertz CT molecular complexity index is 347. The molecule has 21 heavy (non-hydrogen) atoms. The average Bonchev–Trinajstić information content (AvgIpc) is 2.54. The van der Waals surface area contributed by atoms with Crippen LogP contribution in [-0.4, -0.2) is 20.2 Å². The normalized spacial score (nSPS) is 12.3. The van der Waals surface area contributed by atoms with E-state index in [-0.39, 0.29) is 0 Å². The van der Waals surface area contributed by atoms with Crippen molar-refractivity contribution < 1.29 is 4.74 Å². The number of methoxy groups -OCH3 is 1. The maximum absolute atomic E-state index is 5.20. The number of ether oxygens (including phenoxy) is 1. The van der Waals surface area contributed by atoms with Crippen LogP contribution in [0.3, 0.4) is 0 Å². The monoisotopic (exact) mass is 291 g/mol. The maximum atomic E-state index is 5.20. The Labute approximate surface area is 131 Å². The molecule has 0 aliphatic rings. The summed E-state index contributed by atoms with van der Waals surface area (Å²) in [7, 11) is 3.81. The van der Waals surface area contributed by atoms with E-state index < -0.39 is 0 Å². The molecule has 0 heterocycles. The van der Waals surface area contributed by atoms with Gasteiger partial charge >= 0.3 is 0 Å². The lowest BCUT2D eigenvalue weighted by Gasteiger charge is -2.16. The molecule has 2 nitrogen and oxygen atoms in total. The second-order valence-electron chi connectivity index (χ2n) is 5.93. The molecule has 0 aliphatic carbocycles. The summed E-state index contributed by atoms with van der Waals surface area (Å²) in [5.74, 6) is 0.941. The summed E-state index contributed by atoms with van der Waals surface area (Å²) in [6, 6.07) is 9.11. The van der Waals surface area contributed by atoms with E-state index in [1.54, 1.807) is 7.11 Å². The number of rotatable bonds is 12. The second kappa shape index (κ2) is 11.6. The first-order chi connectivity index (χ1) is 10.3. The van der Waals surface area contributed by atoms with Gasteiger partial charge in [-0.1, -0.05) is 57.6 Å². The van der Waals surface area contributed by atoms with Gasteiger partial charge in [-0.05, 0) is 44.0 Å². The first-order valence-corrected chi connectivity index (χ1v) is 8.60. The number of unbranched alkanes of at least 4 members (excludes halogenated alkanes) is 5. The summed E-state index contributed by atoms with van der Waals surface area (Å²) in [4.78, 5) is 0. The van der Waals surface area contributed by atoms with Gasteiger partial charge in [0.2, 0.25) is 0 Å². The average molecular weight is 291 g/mol. The molecule has 1 rings (SSSR count). The molecule has 1 unspecified atom stereocenters. The zero-order chi connectivity index (χ0) is 15.3. The molecule has 1 aromatic rings. The van der Waals surface area contributed by atoms with Crippen LogP contribution in [0.1, 0.15) is 63.9 Å². The SMILES string of the molecule is CCCCCCCCC(CCc1ccc(OC)cc1)NC. The van der Waals surface area contributed by atoms with Crippen molar-refractivity contribution >= 4 is 0 Å². The summed E-state index contributed by atoms with van der Waals surface area (Å²) in [5.41, 5.74) is 1.40.